The van der Waals surface area contributed by atoms with Crippen molar-refractivity contribution >= 4 is 17.5 Å². The predicted molar refractivity (Wildman–Crippen MR) is 83.4 cm³/mol. The van der Waals surface area contributed by atoms with Crippen molar-refractivity contribution in [2.75, 3.05) is 13.1 Å². The number of hydrogen-bond donors (Lipinski definition) is 1. The number of pyridine rings is 1. The molecule has 2 aromatic heterocycles. The van der Waals surface area contributed by atoms with E-state index in [1.165, 1.54) is 4.40 Å². The normalized spacial score (nSPS) is 26.0. The molecule has 0 spiro atoms. The quantitative estimate of drug-likeness (QED) is 0.868. The van der Waals surface area contributed by atoms with Crippen LogP contribution in [0.3, 0.4) is 0 Å². The molecule has 0 radical (unpaired) electrons. The molecule has 0 aromatic carbocycles. The molecule has 2 aromatic rings. The van der Waals surface area contributed by atoms with Crippen LogP contribution >= 0.6 is 0 Å². The fraction of sp³-hybridized carbons (Fsp3) is 0.500. The Labute approximate surface area is 137 Å². The molecule has 3 heterocycles. The number of aliphatic carboxylic acids is 1. The monoisotopic (exact) mass is 330 g/mol. The average Bonchev–Trinajstić information content (AvgIpc) is 3.19. The molecule has 8 nitrogen and oxygen atoms in total. The lowest BCUT2D eigenvalue weighted by molar-refractivity contribution is -0.149. The highest BCUT2D eigenvalue weighted by Gasteiger charge is 2.55. The minimum atomic E-state index is -0.815. The topological polar surface area (TPSA) is 96.9 Å². The van der Waals surface area contributed by atoms with E-state index in [1.54, 1.807) is 29.3 Å². The van der Waals surface area contributed by atoms with Gasteiger partial charge in [-0.05, 0) is 30.9 Å². The third kappa shape index (κ3) is 2.05. The van der Waals surface area contributed by atoms with Gasteiger partial charge in [0.05, 0.1) is 5.41 Å². The SMILES string of the molecule is O=C(Cn1nc2ccccn2c1=O)N1C[C@@H]2CCC[C@@]2(C(=O)O)C1. The Morgan fingerprint density at radius 2 is 2.21 bits per heavy atom. The number of carbonyl (C=O) groups is 2. The third-order valence-corrected chi connectivity index (χ3v) is 5.42. The van der Waals surface area contributed by atoms with Crippen molar-refractivity contribution in [2.45, 2.75) is 25.8 Å². The van der Waals surface area contributed by atoms with Gasteiger partial charge in [-0.15, -0.1) is 5.10 Å². The fourth-order valence-electron chi connectivity index (χ4n) is 4.13. The molecule has 24 heavy (non-hydrogen) atoms. The number of carboxylic acids is 1. The first kappa shape index (κ1) is 14.9. The van der Waals surface area contributed by atoms with Gasteiger partial charge in [0.1, 0.15) is 6.54 Å². The predicted octanol–water partition coefficient (Wildman–Crippen LogP) is 0.209. The zero-order chi connectivity index (χ0) is 16.9. The Bertz CT molecular complexity index is 886. The molecule has 1 amide bonds. The Balaban J connectivity index is 1.56. The highest BCUT2D eigenvalue weighted by atomic mass is 16.4. The van der Waals surface area contributed by atoms with Crippen molar-refractivity contribution in [3.05, 3.63) is 34.9 Å². The van der Waals surface area contributed by atoms with Gasteiger partial charge in [0.2, 0.25) is 5.91 Å². The summed E-state index contributed by atoms with van der Waals surface area (Å²) in [5.74, 6) is -1.06. The maximum atomic E-state index is 12.6. The van der Waals surface area contributed by atoms with Gasteiger partial charge in [-0.2, -0.15) is 0 Å². The molecular formula is C16H18N4O4. The van der Waals surface area contributed by atoms with Crippen LogP contribution in [0.25, 0.3) is 5.65 Å². The van der Waals surface area contributed by atoms with Gasteiger partial charge in [0, 0.05) is 19.3 Å². The van der Waals surface area contributed by atoms with Crippen LogP contribution in [0.1, 0.15) is 19.3 Å². The molecule has 1 saturated carbocycles. The second kappa shape index (κ2) is 5.19. The van der Waals surface area contributed by atoms with Crippen LogP contribution in [0, 0.1) is 11.3 Å². The zero-order valence-electron chi connectivity index (χ0n) is 13.1. The standard InChI is InChI=1S/C16H18N4O4/c21-13(9-20-15(24)19-7-2-1-5-12(19)17-20)18-8-11-4-3-6-16(11,10-18)14(22)23/h1-2,5,7,11H,3-4,6,8-10H2,(H,22,23)/t11-,16+/m0/s1. The third-order valence-electron chi connectivity index (χ3n) is 5.42. The summed E-state index contributed by atoms with van der Waals surface area (Å²) >= 11 is 0. The van der Waals surface area contributed by atoms with E-state index in [0.717, 1.165) is 17.5 Å². The summed E-state index contributed by atoms with van der Waals surface area (Å²) in [6, 6.07) is 5.19. The van der Waals surface area contributed by atoms with Crippen LogP contribution in [-0.2, 0) is 16.1 Å². The lowest BCUT2D eigenvalue weighted by atomic mass is 9.81. The molecule has 1 aliphatic carbocycles. The van der Waals surface area contributed by atoms with E-state index in [9.17, 15) is 19.5 Å². The van der Waals surface area contributed by atoms with Crippen LogP contribution in [-0.4, -0.2) is 49.2 Å². The van der Waals surface area contributed by atoms with Gasteiger partial charge < -0.3 is 10.0 Å². The van der Waals surface area contributed by atoms with E-state index in [2.05, 4.69) is 5.10 Å². The van der Waals surface area contributed by atoms with Gasteiger partial charge in [0.25, 0.3) is 0 Å². The van der Waals surface area contributed by atoms with E-state index in [0.29, 0.717) is 18.6 Å². The summed E-state index contributed by atoms with van der Waals surface area (Å²) in [6.45, 7) is 0.518. The molecular weight excluding hydrogens is 312 g/mol. The Kier molecular flexibility index (Phi) is 3.22. The van der Waals surface area contributed by atoms with Gasteiger partial charge >= 0.3 is 11.7 Å². The first-order valence-electron chi connectivity index (χ1n) is 8.07. The lowest BCUT2D eigenvalue weighted by Crippen LogP contribution is -2.39. The van der Waals surface area contributed by atoms with Crippen molar-refractivity contribution in [2.24, 2.45) is 11.3 Å². The first-order chi connectivity index (χ1) is 11.5. The van der Waals surface area contributed by atoms with E-state index >= 15 is 0 Å². The maximum Gasteiger partial charge on any atom is 0.350 e. The second-order valence-corrected chi connectivity index (χ2v) is 6.69. The number of rotatable bonds is 3. The number of carboxylic acid groups (broad SMARTS) is 1. The number of hydrogen-bond acceptors (Lipinski definition) is 4. The molecule has 0 unspecified atom stereocenters. The molecule has 1 aliphatic heterocycles. The molecule has 1 saturated heterocycles. The van der Waals surface area contributed by atoms with Crippen molar-refractivity contribution in [1.29, 1.82) is 0 Å². The lowest BCUT2D eigenvalue weighted by Gasteiger charge is -2.23. The average molecular weight is 330 g/mol. The number of amides is 1. The Morgan fingerprint density at radius 1 is 1.38 bits per heavy atom. The van der Waals surface area contributed by atoms with Crippen LogP contribution in [0.5, 0.6) is 0 Å². The Morgan fingerprint density at radius 3 is 2.92 bits per heavy atom. The number of aromatic nitrogens is 3. The molecule has 2 fully saturated rings. The highest BCUT2D eigenvalue weighted by Crippen LogP contribution is 2.48. The van der Waals surface area contributed by atoms with Gasteiger partial charge in [-0.1, -0.05) is 12.5 Å². The summed E-state index contributed by atoms with van der Waals surface area (Å²) < 4.78 is 2.52. The zero-order valence-corrected chi connectivity index (χ0v) is 13.1. The van der Waals surface area contributed by atoms with Crippen molar-refractivity contribution in [3.63, 3.8) is 0 Å². The van der Waals surface area contributed by atoms with E-state index in [4.69, 9.17) is 0 Å². The maximum absolute atomic E-state index is 12.6. The minimum Gasteiger partial charge on any atom is -0.481 e. The van der Waals surface area contributed by atoms with Crippen LogP contribution in [0.2, 0.25) is 0 Å². The van der Waals surface area contributed by atoms with E-state index < -0.39 is 11.4 Å². The molecule has 1 N–H and O–H groups in total. The summed E-state index contributed by atoms with van der Waals surface area (Å²) in [7, 11) is 0. The van der Waals surface area contributed by atoms with Crippen molar-refractivity contribution in [3.8, 4) is 0 Å². The molecule has 8 heteroatoms. The number of nitrogens with zero attached hydrogens (tertiary/aromatic N) is 4. The second-order valence-electron chi connectivity index (χ2n) is 6.69. The van der Waals surface area contributed by atoms with Crippen LogP contribution < -0.4 is 5.69 Å². The largest absolute Gasteiger partial charge is 0.481 e. The van der Waals surface area contributed by atoms with Gasteiger partial charge in [-0.25, -0.2) is 9.48 Å². The highest BCUT2D eigenvalue weighted by molar-refractivity contribution is 5.81. The summed E-state index contributed by atoms with van der Waals surface area (Å²) in [4.78, 5) is 38.1. The van der Waals surface area contributed by atoms with Crippen molar-refractivity contribution < 1.29 is 14.7 Å². The molecule has 2 aliphatic rings. The molecule has 126 valence electrons. The van der Waals surface area contributed by atoms with Crippen LogP contribution in [0.15, 0.2) is 29.2 Å². The number of likely N-dealkylation sites (tertiary alicyclic amines) is 1. The number of carbonyl (C=O) groups excluding carboxylic acids is 1. The van der Waals surface area contributed by atoms with Crippen LogP contribution in [0.4, 0.5) is 0 Å². The summed E-state index contributed by atoms with van der Waals surface area (Å²) in [5.41, 5.74) is -0.693. The first-order valence-corrected chi connectivity index (χ1v) is 8.07. The fourth-order valence-corrected chi connectivity index (χ4v) is 4.13. The van der Waals surface area contributed by atoms with Gasteiger partial charge in [0.15, 0.2) is 5.65 Å². The molecule has 4 rings (SSSR count). The molecule has 2 atom stereocenters. The van der Waals surface area contributed by atoms with E-state index in [1.807, 2.05) is 0 Å². The summed E-state index contributed by atoms with van der Waals surface area (Å²) in [5, 5.41) is 13.7. The summed E-state index contributed by atoms with van der Waals surface area (Å²) in [6.07, 6.45) is 3.95. The van der Waals surface area contributed by atoms with Crippen molar-refractivity contribution in [1.82, 2.24) is 19.1 Å². The number of fused-ring (bicyclic) bond motifs is 2. The molecule has 0 bridgehead atoms. The van der Waals surface area contributed by atoms with Gasteiger partial charge in [-0.3, -0.25) is 14.0 Å². The minimum absolute atomic E-state index is 0.0109. The Hall–Kier alpha value is -2.64. The van der Waals surface area contributed by atoms with E-state index in [-0.39, 0.29) is 30.6 Å². The smallest absolute Gasteiger partial charge is 0.350 e.